The van der Waals surface area contributed by atoms with Crippen LogP contribution in [0.4, 0.5) is 4.39 Å². The number of hydrogen-bond donors (Lipinski definition) is 1. The molecule has 0 radical (unpaired) electrons. The molecular formula is C20H27FN2O3. The quantitative estimate of drug-likeness (QED) is 0.895. The maximum Gasteiger partial charge on any atom is 0.256 e. The Morgan fingerprint density at radius 1 is 1.27 bits per heavy atom. The Kier molecular flexibility index (Phi) is 5.61. The SMILES string of the molecule is CCCNC(=O)[C@@H]1COC2(CCC(C)CC2)N1C(=O)c1ccc(F)cc1. The minimum absolute atomic E-state index is 0.183. The second kappa shape index (κ2) is 7.74. The zero-order chi connectivity index (χ0) is 18.7. The van der Waals surface area contributed by atoms with Crippen LogP contribution in [-0.2, 0) is 9.53 Å². The summed E-state index contributed by atoms with van der Waals surface area (Å²) in [6.45, 7) is 4.95. The van der Waals surface area contributed by atoms with Gasteiger partial charge in [-0.15, -0.1) is 0 Å². The van der Waals surface area contributed by atoms with Crippen LogP contribution in [0.1, 0.15) is 56.3 Å². The number of hydrogen-bond acceptors (Lipinski definition) is 3. The summed E-state index contributed by atoms with van der Waals surface area (Å²) in [6.07, 6.45) is 4.18. The minimum atomic E-state index is -0.730. The van der Waals surface area contributed by atoms with E-state index >= 15 is 0 Å². The normalized spacial score (nSPS) is 28.3. The van der Waals surface area contributed by atoms with Crippen LogP contribution in [0.15, 0.2) is 24.3 Å². The fourth-order valence-corrected chi connectivity index (χ4v) is 3.88. The highest BCUT2D eigenvalue weighted by molar-refractivity contribution is 5.98. The number of nitrogens with one attached hydrogen (secondary N) is 1. The summed E-state index contributed by atoms with van der Waals surface area (Å²) in [5, 5.41) is 2.88. The van der Waals surface area contributed by atoms with Crippen molar-refractivity contribution in [2.45, 2.75) is 57.7 Å². The van der Waals surface area contributed by atoms with Gasteiger partial charge in [-0.25, -0.2) is 4.39 Å². The first-order chi connectivity index (χ1) is 12.5. The average molecular weight is 362 g/mol. The van der Waals surface area contributed by atoms with Crippen LogP contribution < -0.4 is 5.32 Å². The Balaban J connectivity index is 1.90. The van der Waals surface area contributed by atoms with Crippen molar-refractivity contribution in [1.29, 1.82) is 0 Å². The molecule has 0 unspecified atom stereocenters. The van der Waals surface area contributed by atoms with Crippen molar-refractivity contribution in [2.75, 3.05) is 13.2 Å². The molecule has 1 saturated carbocycles. The van der Waals surface area contributed by atoms with Crippen LogP contribution in [-0.4, -0.2) is 41.6 Å². The number of ether oxygens (including phenoxy) is 1. The number of carbonyl (C=O) groups excluding carboxylic acids is 2. The highest BCUT2D eigenvalue weighted by Gasteiger charge is 2.53. The predicted molar refractivity (Wildman–Crippen MR) is 96.0 cm³/mol. The molecule has 6 heteroatoms. The fraction of sp³-hybridized carbons (Fsp3) is 0.600. The molecule has 1 N–H and O–H groups in total. The van der Waals surface area contributed by atoms with E-state index in [0.29, 0.717) is 18.0 Å². The molecule has 1 aliphatic carbocycles. The Bertz CT molecular complexity index is 654. The van der Waals surface area contributed by atoms with Crippen LogP contribution in [0.25, 0.3) is 0 Å². The van der Waals surface area contributed by atoms with Gasteiger partial charge in [-0.1, -0.05) is 13.8 Å². The predicted octanol–water partition coefficient (Wildman–Crippen LogP) is 3.10. The largest absolute Gasteiger partial charge is 0.354 e. The topological polar surface area (TPSA) is 58.6 Å². The molecule has 5 nitrogen and oxygen atoms in total. The maximum absolute atomic E-state index is 13.2. The maximum atomic E-state index is 13.2. The molecule has 1 aromatic carbocycles. The molecule has 2 fully saturated rings. The van der Waals surface area contributed by atoms with Gasteiger partial charge in [0.05, 0.1) is 6.61 Å². The first kappa shape index (κ1) is 18.8. The molecule has 1 heterocycles. The number of benzene rings is 1. The lowest BCUT2D eigenvalue weighted by Gasteiger charge is -2.43. The summed E-state index contributed by atoms with van der Waals surface area (Å²) in [4.78, 5) is 27.5. The van der Waals surface area contributed by atoms with E-state index in [1.165, 1.54) is 24.3 Å². The lowest BCUT2D eigenvalue weighted by atomic mass is 9.83. The van der Waals surface area contributed by atoms with Gasteiger partial charge in [0.15, 0.2) is 0 Å². The zero-order valence-electron chi connectivity index (χ0n) is 15.5. The molecule has 3 rings (SSSR count). The van der Waals surface area contributed by atoms with Gasteiger partial charge in [-0.2, -0.15) is 0 Å². The van der Waals surface area contributed by atoms with Crippen LogP contribution in [0.3, 0.4) is 0 Å². The second-order valence-corrected chi connectivity index (χ2v) is 7.43. The van der Waals surface area contributed by atoms with Crippen molar-refractivity contribution in [3.05, 3.63) is 35.6 Å². The van der Waals surface area contributed by atoms with Crippen molar-refractivity contribution in [2.24, 2.45) is 5.92 Å². The van der Waals surface area contributed by atoms with Gasteiger partial charge in [0.1, 0.15) is 17.6 Å². The van der Waals surface area contributed by atoms with Crippen molar-refractivity contribution in [3.8, 4) is 0 Å². The Morgan fingerprint density at radius 2 is 1.92 bits per heavy atom. The summed E-state index contributed by atoms with van der Waals surface area (Å²) in [5.74, 6) is -0.260. The minimum Gasteiger partial charge on any atom is -0.354 e. The summed E-state index contributed by atoms with van der Waals surface area (Å²) in [5.41, 5.74) is -0.352. The van der Waals surface area contributed by atoms with Crippen LogP contribution in [0.5, 0.6) is 0 Å². The lowest BCUT2D eigenvalue weighted by molar-refractivity contribution is -0.127. The number of amides is 2. The molecule has 2 amide bonds. The Labute approximate surface area is 153 Å². The molecular weight excluding hydrogens is 335 g/mol. The fourth-order valence-electron chi connectivity index (χ4n) is 3.88. The summed E-state index contributed by atoms with van der Waals surface area (Å²) in [6, 6.07) is 4.83. The van der Waals surface area contributed by atoms with Crippen LogP contribution >= 0.6 is 0 Å². The van der Waals surface area contributed by atoms with E-state index in [1.807, 2.05) is 6.92 Å². The Hall–Kier alpha value is -1.95. The third kappa shape index (κ3) is 3.61. The molecule has 0 bridgehead atoms. The third-order valence-corrected chi connectivity index (χ3v) is 5.48. The van der Waals surface area contributed by atoms with Gasteiger partial charge in [0.25, 0.3) is 5.91 Å². The monoisotopic (exact) mass is 362 g/mol. The molecule has 1 aliphatic heterocycles. The summed E-state index contributed by atoms with van der Waals surface area (Å²) >= 11 is 0. The highest BCUT2D eigenvalue weighted by Crippen LogP contribution is 2.43. The molecule has 2 aliphatic rings. The molecule has 26 heavy (non-hydrogen) atoms. The summed E-state index contributed by atoms with van der Waals surface area (Å²) in [7, 11) is 0. The van der Waals surface area contributed by atoms with Crippen molar-refractivity contribution in [3.63, 3.8) is 0 Å². The second-order valence-electron chi connectivity index (χ2n) is 7.43. The van der Waals surface area contributed by atoms with Crippen LogP contribution in [0.2, 0.25) is 0 Å². The number of carbonyl (C=O) groups is 2. The van der Waals surface area contributed by atoms with E-state index in [4.69, 9.17) is 4.74 Å². The van der Waals surface area contributed by atoms with E-state index in [9.17, 15) is 14.0 Å². The molecule has 142 valence electrons. The van der Waals surface area contributed by atoms with Crippen LogP contribution in [0, 0.1) is 11.7 Å². The number of rotatable bonds is 4. The van der Waals surface area contributed by atoms with E-state index < -0.39 is 17.6 Å². The molecule has 1 saturated heterocycles. The van der Waals surface area contributed by atoms with Gasteiger partial charge in [-0.05, 0) is 62.3 Å². The first-order valence-corrected chi connectivity index (χ1v) is 9.48. The highest BCUT2D eigenvalue weighted by atomic mass is 19.1. The van der Waals surface area contributed by atoms with Crippen molar-refractivity contribution >= 4 is 11.8 Å². The van der Waals surface area contributed by atoms with Gasteiger partial charge < -0.3 is 10.1 Å². The molecule has 1 aromatic rings. The molecule has 0 aromatic heterocycles. The zero-order valence-corrected chi connectivity index (χ0v) is 15.5. The smallest absolute Gasteiger partial charge is 0.256 e. The Morgan fingerprint density at radius 3 is 2.54 bits per heavy atom. The van der Waals surface area contributed by atoms with E-state index in [2.05, 4.69) is 12.2 Å². The van der Waals surface area contributed by atoms with Gasteiger partial charge >= 0.3 is 0 Å². The van der Waals surface area contributed by atoms with Crippen molar-refractivity contribution in [1.82, 2.24) is 10.2 Å². The van der Waals surface area contributed by atoms with Gasteiger partial charge in [-0.3, -0.25) is 14.5 Å². The molecule has 1 spiro atoms. The standard InChI is InChI=1S/C20H27FN2O3/c1-3-12-22-18(24)17-13-26-20(10-8-14(2)9-11-20)23(17)19(25)15-4-6-16(21)7-5-15/h4-7,14,17H,3,8-13H2,1-2H3,(H,22,24)/t14?,17-,20?/m0/s1. The van der Waals surface area contributed by atoms with Gasteiger partial charge in [0.2, 0.25) is 5.91 Å². The third-order valence-electron chi connectivity index (χ3n) is 5.48. The number of halogens is 1. The summed E-state index contributed by atoms with van der Waals surface area (Å²) < 4.78 is 19.3. The van der Waals surface area contributed by atoms with Gasteiger partial charge in [0, 0.05) is 12.1 Å². The lowest BCUT2D eigenvalue weighted by Crippen LogP contribution is -2.56. The van der Waals surface area contributed by atoms with Crippen molar-refractivity contribution < 1.29 is 18.7 Å². The van der Waals surface area contributed by atoms with E-state index in [1.54, 1.807) is 4.90 Å². The first-order valence-electron chi connectivity index (χ1n) is 9.48. The van der Waals surface area contributed by atoms with E-state index in [-0.39, 0.29) is 18.4 Å². The number of nitrogens with zero attached hydrogens (tertiary/aromatic N) is 1. The molecule has 1 atom stereocenters. The van der Waals surface area contributed by atoms with E-state index in [0.717, 1.165) is 32.1 Å². The average Bonchev–Trinajstić information content (AvgIpc) is 3.01.